The van der Waals surface area contributed by atoms with Gasteiger partial charge in [-0.1, -0.05) is 13.8 Å². The van der Waals surface area contributed by atoms with Crippen molar-refractivity contribution in [3.05, 3.63) is 17.5 Å². The molecule has 7 heteroatoms. The number of anilines is 1. The van der Waals surface area contributed by atoms with E-state index in [0.717, 1.165) is 30.4 Å². The fourth-order valence-corrected chi connectivity index (χ4v) is 2.72. The van der Waals surface area contributed by atoms with Crippen molar-refractivity contribution in [1.29, 1.82) is 0 Å². The highest BCUT2D eigenvalue weighted by Gasteiger charge is 2.24. The van der Waals surface area contributed by atoms with Crippen LogP contribution in [0.25, 0.3) is 0 Å². The fraction of sp³-hybridized carbons (Fsp3) is 0.706. The molecule has 134 valence electrons. The Labute approximate surface area is 144 Å². The summed E-state index contributed by atoms with van der Waals surface area (Å²) in [7, 11) is 1.63. The number of aromatic nitrogens is 2. The number of aryl methyl sites for hydroxylation is 1. The van der Waals surface area contributed by atoms with Gasteiger partial charge in [-0.15, -0.1) is 0 Å². The highest BCUT2D eigenvalue weighted by Crippen LogP contribution is 2.18. The second kappa shape index (κ2) is 8.28. The summed E-state index contributed by atoms with van der Waals surface area (Å²) in [5.74, 6) is 1.14. The molecular formula is C17H29N5O2. The molecule has 0 spiro atoms. The molecular weight excluding hydrogens is 306 g/mol. The molecule has 0 bridgehead atoms. The maximum Gasteiger partial charge on any atom is 0.317 e. The first-order chi connectivity index (χ1) is 11.4. The molecule has 24 heavy (non-hydrogen) atoms. The molecule has 1 N–H and O–H groups in total. The molecule has 1 atom stereocenters. The van der Waals surface area contributed by atoms with Gasteiger partial charge in [0.2, 0.25) is 5.95 Å². The van der Waals surface area contributed by atoms with E-state index in [2.05, 4.69) is 34.0 Å². The van der Waals surface area contributed by atoms with Crippen molar-refractivity contribution in [2.24, 2.45) is 0 Å². The van der Waals surface area contributed by atoms with Gasteiger partial charge in [-0.05, 0) is 25.8 Å². The number of rotatable bonds is 5. The van der Waals surface area contributed by atoms with E-state index in [4.69, 9.17) is 4.74 Å². The Hall–Kier alpha value is -1.89. The van der Waals surface area contributed by atoms with Gasteiger partial charge < -0.3 is 19.9 Å². The Morgan fingerprint density at radius 2 is 1.92 bits per heavy atom. The van der Waals surface area contributed by atoms with E-state index in [-0.39, 0.29) is 12.1 Å². The van der Waals surface area contributed by atoms with Crippen LogP contribution >= 0.6 is 0 Å². The number of nitrogens with one attached hydrogen (secondary N) is 1. The van der Waals surface area contributed by atoms with Crippen molar-refractivity contribution in [3.63, 3.8) is 0 Å². The summed E-state index contributed by atoms with van der Waals surface area (Å²) in [5.41, 5.74) is 2.04. The van der Waals surface area contributed by atoms with Crippen LogP contribution in [0.5, 0.6) is 0 Å². The van der Waals surface area contributed by atoms with Crippen LogP contribution in [0.3, 0.4) is 0 Å². The van der Waals surface area contributed by atoms with Gasteiger partial charge in [0.15, 0.2) is 0 Å². The van der Waals surface area contributed by atoms with Crippen molar-refractivity contribution < 1.29 is 9.53 Å². The zero-order chi connectivity index (χ0) is 17.7. The minimum Gasteiger partial charge on any atom is -0.383 e. The Morgan fingerprint density at radius 3 is 2.50 bits per heavy atom. The van der Waals surface area contributed by atoms with E-state index >= 15 is 0 Å². The average Bonchev–Trinajstić information content (AvgIpc) is 2.54. The summed E-state index contributed by atoms with van der Waals surface area (Å²) in [6, 6.07) is 2.01. The quantitative estimate of drug-likeness (QED) is 0.888. The maximum absolute atomic E-state index is 12.2. The van der Waals surface area contributed by atoms with Gasteiger partial charge in [0.25, 0.3) is 0 Å². The molecule has 1 saturated heterocycles. The lowest BCUT2D eigenvalue weighted by Gasteiger charge is -2.35. The number of methoxy groups -OCH3 is 1. The third-order valence-corrected chi connectivity index (χ3v) is 4.09. The number of carbonyl (C=O) groups is 1. The number of hydrogen-bond donors (Lipinski definition) is 1. The van der Waals surface area contributed by atoms with Crippen molar-refractivity contribution in [2.45, 2.75) is 39.7 Å². The number of hydrogen-bond acceptors (Lipinski definition) is 5. The van der Waals surface area contributed by atoms with E-state index in [1.807, 2.05) is 24.8 Å². The third kappa shape index (κ3) is 4.80. The van der Waals surface area contributed by atoms with Crippen LogP contribution in [0, 0.1) is 6.92 Å². The Bertz CT molecular complexity index is 556. The molecule has 0 radical (unpaired) electrons. The summed E-state index contributed by atoms with van der Waals surface area (Å²) < 4.78 is 5.05. The maximum atomic E-state index is 12.2. The molecule has 2 rings (SSSR count). The highest BCUT2D eigenvalue weighted by atomic mass is 16.5. The number of ether oxygens (including phenoxy) is 1. The van der Waals surface area contributed by atoms with E-state index in [1.165, 1.54) is 0 Å². The molecule has 1 aliphatic heterocycles. The number of urea groups is 1. The van der Waals surface area contributed by atoms with Crippen LogP contribution in [0.4, 0.5) is 10.7 Å². The Morgan fingerprint density at radius 1 is 1.25 bits per heavy atom. The highest BCUT2D eigenvalue weighted by molar-refractivity contribution is 5.74. The van der Waals surface area contributed by atoms with E-state index in [1.54, 1.807) is 7.11 Å². The van der Waals surface area contributed by atoms with Crippen molar-refractivity contribution in [1.82, 2.24) is 20.2 Å². The van der Waals surface area contributed by atoms with Gasteiger partial charge in [-0.25, -0.2) is 14.8 Å². The number of piperazine rings is 1. The van der Waals surface area contributed by atoms with Crippen LogP contribution < -0.4 is 10.2 Å². The minimum atomic E-state index is -0.0350. The predicted molar refractivity (Wildman–Crippen MR) is 94.5 cm³/mol. The fourth-order valence-electron chi connectivity index (χ4n) is 2.72. The lowest BCUT2D eigenvalue weighted by Crippen LogP contribution is -2.54. The van der Waals surface area contributed by atoms with Gasteiger partial charge >= 0.3 is 6.03 Å². The van der Waals surface area contributed by atoms with Gasteiger partial charge in [-0.2, -0.15) is 0 Å². The molecule has 2 heterocycles. The lowest BCUT2D eigenvalue weighted by molar-refractivity contribution is 0.158. The topological polar surface area (TPSA) is 70.6 Å². The minimum absolute atomic E-state index is 0.00855. The SMILES string of the molecule is COC[C@H](C)NC(=O)N1CCN(c2nc(C)cc(C(C)C)n2)CC1. The molecule has 2 amide bonds. The van der Waals surface area contributed by atoms with Crippen LogP contribution in [-0.4, -0.2) is 66.8 Å². The molecule has 0 saturated carbocycles. The zero-order valence-corrected chi connectivity index (χ0v) is 15.4. The molecule has 1 fully saturated rings. The van der Waals surface area contributed by atoms with Crippen LogP contribution in [-0.2, 0) is 4.74 Å². The van der Waals surface area contributed by atoms with E-state index < -0.39 is 0 Å². The number of carbonyl (C=O) groups excluding carboxylic acids is 1. The summed E-state index contributed by atoms with van der Waals surface area (Å²) >= 11 is 0. The largest absolute Gasteiger partial charge is 0.383 e. The normalized spacial score (nSPS) is 16.4. The lowest BCUT2D eigenvalue weighted by atomic mass is 10.1. The smallest absolute Gasteiger partial charge is 0.317 e. The predicted octanol–water partition coefficient (Wildman–Crippen LogP) is 1.77. The van der Waals surface area contributed by atoms with E-state index in [0.29, 0.717) is 25.6 Å². The molecule has 1 aromatic heterocycles. The monoisotopic (exact) mass is 335 g/mol. The van der Waals surface area contributed by atoms with Gasteiger partial charge in [0, 0.05) is 44.7 Å². The van der Waals surface area contributed by atoms with Crippen LogP contribution in [0.2, 0.25) is 0 Å². The molecule has 0 aliphatic carbocycles. The van der Waals surface area contributed by atoms with E-state index in [9.17, 15) is 4.79 Å². The molecule has 7 nitrogen and oxygen atoms in total. The zero-order valence-electron chi connectivity index (χ0n) is 15.4. The van der Waals surface area contributed by atoms with Crippen LogP contribution in [0.15, 0.2) is 6.07 Å². The first-order valence-corrected chi connectivity index (χ1v) is 8.55. The second-order valence-electron chi connectivity index (χ2n) is 6.67. The Balaban J connectivity index is 1.94. The van der Waals surface area contributed by atoms with Gasteiger partial charge in [-0.3, -0.25) is 0 Å². The third-order valence-electron chi connectivity index (χ3n) is 4.09. The average molecular weight is 335 g/mol. The molecule has 1 aromatic rings. The first kappa shape index (κ1) is 18.4. The van der Waals surface area contributed by atoms with Crippen LogP contribution in [0.1, 0.15) is 38.1 Å². The second-order valence-corrected chi connectivity index (χ2v) is 6.67. The first-order valence-electron chi connectivity index (χ1n) is 8.55. The van der Waals surface area contributed by atoms with Gasteiger partial charge in [0.05, 0.1) is 12.6 Å². The van der Waals surface area contributed by atoms with Gasteiger partial charge in [0.1, 0.15) is 0 Å². The summed E-state index contributed by atoms with van der Waals surface area (Å²) in [4.78, 5) is 25.5. The number of amides is 2. The summed E-state index contributed by atoms with van der Waals surface area (Å²) in [6.45, 7) is 11.5. The summed E-state index contributed by atoms with van der Waals surface area (Å²) in [6.07, 6.45) is 0. The number of nitrogens with zero attached hydrogens (tertiary/aromatic N) is 4. The standard InChI is InChI=1S/C17H29N5O2/c1-12(2)15-10-13(3)18-16(20-15)21-6-8-22(9-7-21)17(23)19-14(4)11-24-5/h10,12,14H,6-9,11H2,1-5H3,(H,19,23)/t14-/m0/s1. The van der Waals surface area contributed by atoms with Crippen molar-refractivity contribution >= 4 is 12.0 Å². The summed E-state index contributed by atoms with van der Waals surface area (Å²) in [5, 5.41) is 2.95. The molecule has 0 unspecified atom stereocenters. The Kier molecular flexibility index (Phi) is 6.36. The van der Waals surface area contributed by atoms with Crippen molar-refractivity contribution in [2.75, 3.05) is 44.8 Å². The molecule has 1 aliphatic rings. The molecule has 0 aromatic carbocycles. The van der Waals surface area contributed by atoms with Crippen molar-refractivity contribution in [3.8, 4) is 0 Å².